The highest BCUT2D eigenvalue weighted by Crippen LogP contribution is 2.46. The SMILES string of the molecule is Cl.Cl.O=C1OCCN1CCN1CCN(C2CC(c3ccc(F)cc3)c3ccccc32)CC1. The lowest BCUT2D eigenvalue weighted by atomic mass is 9.93. The van der Waals surface area contributed by atoms with Crippen LogP contribution in [-0.4, -0.2) is 73.2 Å². The van der Waals surface area contributed by atoms with Gasteiger partial charge in [0.05, 0.1) is 6.54 Å². The van der Waals surface area contributed by atoms with Gasteiger partial charge in [0.1, 0.15) is 12.4 Å². The quantitative estimate of drug-likeness (QED) is 0.637. The van der Waals surface area contributed by atoms with Crippen molar-refractivity contribution in [1.29, 1.82) is 0 Å². The van der Waals surface area contributed by atoms with E-state index >= 15 is 0 Å². The topological polar surface area (TPSA) is 36.0 Å². The van der Waals surface area contributed by atoms with Crippen molar-refractivity contribution in [3.8, 4) is 0 Å². The molecule has 0 radical (unpaired) electrons. The van der Waals surface area contributed by atoms with Gasteiger partial charge in [0.2, 0.25) is 0 Å². The monoisotopic (exact) mass is 481 g/mol. The van der Waals surface area contributed by atoms with Gasteiger partial charge in [-0.2, -0.15) is 0 Å². The molecule has 5 nitrogen and oxygen atoms in total. The summed E-state index contributed by atoms with van der Waals surface area (Å²) in [6, 6.07) is 16.1. The van der Waals surface area contributed by atoms with Crippen molar-refractivity contribution >= 4 is 30.9 Å². The third-order valence-corrected chi connectivity index (χ3v) is 6.84. The van der Waals surface area contributed by atoms with Crippen LogP contribution in [0.4, 0.5) is 9.18 Å². The molecule has 2 atom stereocenters. The molecule has 0 saturated carbocycles. The largest absolute Gasteiger partial charge is 0.448 e. The Labute approximate surface area is 201 Å². The Hall–Kier alpha value is -1.86. The lowest BCUT2D eigenvalue weighted by molar-refractivity contribution is 0.0893. The first-order valence-corrected chi connectivity index (χ1v) is 10.9. The number of rotatable bonds is 5. The van der Waals surface area contributed by atoms with Crippen molar-refractivity contribution in [2.24, 2.45) is 0 Å². The van der Waals surface area contributed by atoms with E-state index in [0.29, 0.717) is 25.1 Å². The van der Waals surface area contributed by atoms with Crippen LogP contribution < -0.4 is 0 Å². The van der Waals surface area contributed by atoms with Crippen LogP contribution in [0.3, 0.4) is 0 Å². The molecule has 2 aromatic carbocycles. The van der Waals surface area contributed by atoms with E-state index in [9.17, 15) is 9.18 Å². The fourth-order valence-electron chi connectivity index (χ4n) is 5.15. The van der Waals surface area contributed by atoms with Gasteiger partial charge in [-0.1, -0.05) is 36.4 Å². The number of carbonyl (C=O) groups excluding carboxylic acids is 1. The van der Waals surface area contributed by atoms with Gasteiger partial charge in [-0.3, -0.25) is 9.80 Å². The summed E-state index contributed by atoms with van der Waals surface area (Å²) in [4.78, 5) is 18.5. The minimum atomic E-state index is -0.181. The number of nitrogens with zero attached hydrogens (tertiary/aromatic N) is 3. The summed E-state index contributed by atoms with van der Waals surface area (Å²) in [5.41, 5.74) is 3.99. The second-order valence-corrected chi connectivity index (χ2v) is 8.46. The predicted molar refractivity (Wildman–Crippen MR) is 127 cm³/mol. The molecule has 2 aliphatic heterocycles. The van der Waals surface area contributed by atoms with Gasteiger partial charge in [0.15, 0.2) is 0 Å². The number of hydrogen-bond acceptors (Lipinski definition) is 4. The molecule has 1 aliphatic carbocycles. The average molecular weight is 482 g/mol. The standard InChI is InChI=1S/C24H28FN3O2.2ClH/c25-19-7-5-18(6-8-19)22-17-23(21-4-2-1-3-20(21)22)27-12-9-26(10-13-27)11-14-28-15-16-30-24(28)29;;/h1-8,22-23H,9-17H2;2*1H. The summed E-state index contributed by atoms with van der Waals surface area (Å²) in [7, 11) is 0. The number of cyclic esters (lactones) is 1. The van der Waals surface area contributed by atoms with Gasteiger partial charge in [0, 0.05) is 51.2 Å². The molecule has 2 unspecified atom stereocenters. The number of fused-ring (bicyclic) bond motifs is 1. The van der Waals surface area contributed by atoms with Crippen molar-refractivity contribution < 1.29 is 13.9 Å². The molecule has 2 fully saturated rings. The second kappa shape index (κ2) is 10.8. The Morgan fingerprint density at radius 2 is 1.56 bits per heavy atom. The fourth-order valence-corrected chi connectivity index (χ4v) is 5.15. The lowest BCUT2D eigenvalue weighted by Crippen LogP contribution is -2.49. The summed E-state index contributed by atoms with van der Waals surface area (Å²) in [5, 5.41) is 0. The zero-order chi connectivity index (χ0) is 20.5. The molecule has 3 aliphatic rings. The third-order valence-electron chi connectivity index (χ3n) is 6.84. The van der Waals surface area contributed by atoms with Gasteiger partial charge in [-0.15, -0.1) is 24.8 Å². The number of ether oxygens (including phenoxy) is 1. The highest BCUT2D eigenvalue weighted by molar-refractivity contribution is 5.85. The van der Waals surface area contributed by atoms with E-state index in [0.717, 1.165) is 45.7 Å². The highest BCUT2D eigenvalue weighted by atomic mass is 35.5. The van der Waals surface area contributed by atoms with Crippen LogP contribution >= 0.6 is 24.8 Å². The second-order valence-electron chi connectivity index (χ2n) is 8.46. The van der Waals surface area contributed by atoms with Crippen LogP contribution in [0.15, 0.2) is 48.5 Å². The number of carbonyl (C=O) groups is 1. The molecule has 174 valence electrons. The maximum Gasteiger partial charge on any atom is 0.409 e. The molecule has 5 rings (SSSR count). The van der Waals surface area contributed by atoms with Crippen LogP contribution in [0.2, 0.25) is 0 Å². The van der Waals surface area contributed by atoms with Crippen molar-refractivity contribution in [2.75, 3.05) is 52.4 Å². The van der Waals surface area contributed by atoms with E-state index in [-0.39, 0.29) is 36.7 Å². The summed E-state index contributed by atoms with van der Waals surface area (Å²) < 4.78 is 18.4. The van der Waals surface area contributed by atoms with E-state index in [2.05, 4.69) is 34.1 Å². The molecular formula is C24H30Cl2FN3O2. The molecule has 32 heavy (non-hydrogen) atoms. The Kier molecular flexibility index (Phi) is 8.39. The molecular weight excluding hydrogens is 452 g/mol. The molecule has 0 N–H and O–H groups in total. The molecule has 2 aromatic rings. The lowest BCUT2D eigenvalue weighted by Gasteiger charge is -2.38. The van der Waals surface area contributed by atoms with Crippen LogP contribution in [0.1, 0.15) is 35.1 Å². The summed E-state index contributed by atoms with van der Waals surface area (Å²) in [6.45, 7) is 6.97. The molecule has 8 heteroatoms. The van der Waals surface area contributed by atoms with E-state index in [1.807, 2.05) is 12.1 Å². The predicted octanol–water partition coefficient (Wildman–Crippen LogP) is 4.32. The molecule has 0 spiro atoms. The minimum Gasteiger partial charge on any atom is -0.448 e. The van der Waals surface area contributed by atoms with Gasteiger partial charge in [-0.25, -0.2) is 9.18 Å². The first-order chi connectivity index (χ1) is 14.7. The average Bonchev–Trinajstić information content (AvgIpc) is 3.37. The van der Waals surface area contributed by atoms with E-state index in [1.54, 1.807) is 17.0 Å². The third kappa shape index (κ3) is 5.04. The number of halogens is 3. The molecule has 2 heterocycles. The number of piperazine rings is 1. The van der Waals surface area contributed by atoms with Crippen molar-refractivity contribution in [3.05, 3.63) is 71.0 Å². The van der Waals surface area contributed by atoms with Crippen LogP contribution in [0.5, 0.6) is 0 Å². The maximum atomic E-state index is 13.4. The van der Waals surface area contributed by atoms with Gasteiger partial charge < -0.3 is 9.64 Å². The zero-order valence-corrected chi connectivity index (χ0v) is 19.6. The van der Waals surface area contributed by atoms with E-state index in [4.69, 9.17) is 4.74 Å². The smallest absolute Gasteiger partial charge is 0.409 e. The van der Waals surface area contributed by atoms with Crippen molar-refractivity contribution in [2.45, 2.75) is 18.4 Å². The summed E-state index contributed by atoms with van der Waals surface area (Å²) in [6.07, 6.45) is 0.868. The Balaban J connectivity index is 0.00000144. The Bertz CT molecular complexity index is 906. The fraction of sp³-hybridized carbons (Fsp3) is 0.458. The number of amides is 1. The first kappa shape index (κ1) is 24.8. The Morgan fingerprint density at radius 3 is 2.22 bits per heavy atom. The van der Waals surface area contributed by atoms with Crippen molar-refractivity contribution in [3.63, 3.8) is 0 Å². The maximum absolute atomic E-state index is 13.4. The molecule has 0 bridgehead atoms. The van der Waals surface area contributed by atoms with Crippen LogP contribution in [0, 0.1) is 5.82 Å². The zero-order valence-electron chi connectivity index (χ0n) is 18.0. The van der Waals surface area contributed by atoms with Gasteiger partial charge in [-0.05, 0) is 35.2 Å². The van der Waals surface area contributed by atoms with E-state index in [1.165, 1.54) is 16.7 Å². The molecule has 1 amide bonds. The molecule has 0 aromatic heterocycles. The number of hydrogen-bond donors (Lipinski definition) is 0. The summed E-state index contributed by atoms with van der Waals surface area (Å²) in [5.74, 6) is 0.144. The minimum absolute atomic E-state index is 0. The normalized spacial score (nSPS) is 23.3. The Morgan fingerprint density at radius 1 is 0.875 bits per heavy atom. The highest BCUT2D eigenvalue weighted by Gasteiger charge is 2.36. The van der Waals surface area contributed by atoms with Crippen LogP contribution in [0.25, 0.3) is 0 Å². The molecule has 2 saturated heterocycles. The van der Waals surface area contributed by atoms with Crippen molar-refractivity contribution in [1.82, 2.24) is 14.7 Å². The number of benzene rings is 2. The van der Waals surface area contributed by atoms with Crippen LogP contribution in [-0.2, 0) is 4.74 Å². The van der Waals surface area contributed by atoms with Gasteiger partial charge in [0.25, 0.3) is 0 Å². The summed E-state index contributed by atoms with van der Waals surface area (Å²) >= 11 is 0. The van der Waals surface area contributed by atoms with Gasteiger partial charge >= 0.3 is 6.09 Å². The first-order valence-electron chi connectivity index (χ1n) is 10.9. The van der Waals surface area contributed by atoms with E-state index < -0.39 is 0 Å².